The van der Waals surface area contributed by atoms with Crippen LogP contribution in [-0.2, 0) is 9.53 Å². The molecule has 0 aliphatic rings. The normalized spacial score (nSPS) is 11.6. The molecule has 24 heavy (non-hydrogen) atoms. The Morgan fingerprint density at radius 3 is 2.33 bits per heavy atom. The maximum absolute atomic E-state index is 12.0. The first-order chi connectivity index (χ1) is 11.5. The Hall–Kier alpha value is -1.85. The van der Waals surface area contributed by atoms with Gasteiger partial charge in [-0.3, -0.25) is 4.79 Å². The Bertz CT molecular complexity index is 701. The number of benzene rings is 2. The molecule has 1 N–H and O–H groups in total. The quantitative estimate of drug-likeness (QED) is 0.712. The number of carbonyl (C=O) groups is 2. The largest absolute Gasteiger partial charge is 0.452 e. The van der Waals surface area contributed by atoms with E-state index >= 15 is 0 Å². The smallest absolute Gasteiger partial charge is 0.338 e. The molecule has 6 heteroatoms. The number of ether oxygens (including phenoxy) is 1. The van der Waals surface area contributed by atoms with Gasteiger partial charge in [-0.25, -0.2) is 4.79 Å². The first-order valence-electron chi connectivity index (χ1n) is 7.47. The minimum Gasteiger partial charge on any atom is -0.452 e. The van der Waals surface area contributed by atoms with Crippen molar-refractivity contribution in [2.45, 2.75) is 19.4 Å². The lowest BCUT2D eigenvalue weighted by Gasteiger charge is -2.17. The Kier molecular flexibility index (Phi) is 6.82. The first-order valence-corrected chi connectivity index (χ1v) is 8.64. The van der Waals surface area contributed by atoms with Crippen LogP contribution in [0.3, 0.4) is 0 Å². The van der Waals surface area contributed by atoms with Crippen molar-refractivity contribution in [3.05, 3.63) is 69.2 Å². The van der Waals surface area contributed by atoms with Crippen LogP contribution in [-0.4, -0.2) is 18.5 Å². The van der Waals surface area contributed by atoms with Gasteiger partial charge in [0.2, 0.25) is 0 Å². The van der Waals surface area contributed by atoms with E-state index in [1.165, 1.54) is 0 Å². The Balaban J connectivity index is 1.88. The molecular weight excluding hydrogens is 394 g/mol. The van der Waals surface area contributed by atoms with Gasteiger partial charge in [0.25, 0.3) is 5.91 Å². The minimum absolute atomic E-state index is 0.125. The summed E-state index contributed by atoms with van der Waals surface area (Å²) in [7, 11) is 0. The fourth-order valence-corrected chi connectivity index (χ4v) is 2.54. The predicted octanol–water partition coefficient (Wildman–Crippen LogP) is 4.53. The maximum atomic E-state index is 12.0. The molecule has 2 aromatic rings. The van der Waals surface area contributed by atoms with E-state index in [1.54, 1.807) is 24.3 Å². The Morgan fingerprint density at radius 1 is 1.12 bits per heavy atom. The molecule has 2 aromatic carbocycles. The second-order valence-corrected chi connectivity index (χ2v) is 6.52. The molecule has 0 unspecified atom stereocenters. The molecule has 0 radical (unpaired) electrons. The van der Waals surface area contributed by atoms with Crippen molar-refractivity contribution in [3.63, 3.8) is 0 Å². The van der Waals surface area contributed by atoms with Crippen LogP contribution >= 0.6 is 27.5 Å². The van der Waals surface area contributed by atoms with Crippen molar-refractivity contribution in [2.24, 2.45) is 0 Å². The highest BCUT2D eigenvalue weighted by Gasteiger charge is 2.15. The van der Waals surface area contributed by atoms with Crippen LogP contribution < -0.4 is 5.32 Å². The first kappa shape index (κ1) is 18.5. The van der Waals surface area contributed by atoms with Crippen molar-refractivity contribution < 1.29 is 14.3 Å². The Labute approximate surface area is 154 Å². The molecule has 1 amide bonds. The van der Waals surface area contributed by atoms with Gasteiger partial charge in [-0.15, -0.1) is 0 Å². The molecule has 0 aromatic heterocycles. The van der Waals surface area contributed by atoms with Gasteiger partial charge in [0, 0.05) is 9.50 Å². The highest BCUT2D eigenvalue weighted by atomic mass is 79.9. The SMILES string of the molecule is CC[C@@H](NC(=O)COC(=O)c1ccc(Cl)cc1)c1ccc(Br)cc1. The van der Waals surface area contributed by atoms with Crippen molar-refractivity contribution in [1.82, 2.24) is 5.32 Å². The van der Waals surface area contributed by atoms with Crippen LogP contribution in [0.4, 0.5) is 0 Å². The summed E-state index contributed by atoms with van der Waals surface area (Å²) in [5.41, 5.74) is 1.35. The van der Waals surface area contributed by atoms with Crippen LogP contribution in [0, 0.1) is 0 Å². The fourth-order valence-electron chi connectivity index (χ4n) is 2.15. The summed E-state index contributed by atoms with van der Waals surface area (Å²) in [6.45, 7) is 1.65. The van der Waals surface area contributed by atoms with Crippen molar-refractivity contribution in [2.75, 3.05) is 6.61 Å². The van der Waals surface area contributed by atoms with Crippen LogP contribution in [0.25, 0.3) is 0 Å². The number of hydrogen-bond acceptors (Lipinski definition) is 3. The van der Waals surface area contributed by atoms with Gasteiger partial charge in [-0.2, -0.15) is 0 Å². The summed E-state index contributed by atoms with van der Waals surface area (Å²) in [5.74, 6) is -0.898. The molecule has 0 aliphatic carbocycles. The molecule has 0 aliphatic heterocycles. The van der Waals surface area contributed by atoms with Crippen LogP contribution in [0.2, 0.25) is 5.02 Å². The van der Waals surface area contributed by atoms with E-state index in [0.717, 1.165) is 16.5 Å². The molecule has 0 fully saturated rings. The number of hydrogen-bond donors (Lipinski definition) is 1. The van der Waals surface area contributed by atoms with E-state index in [1.807, 2.05) is 31.2 Å². The summed E-state index contributed by atoms with van der Waals surface area (Å²) >= 11 is 9.15. The zero-order valence-electron chi connectivity index (χ0n) is 13.1. The van der Waals surface area contributed by atoms with E-state index in [0.29, 0.717) is 10.6 Å². The molecule has 0 saturated heterocycles. The van der Waals surface area contributed by atoms with E-state index in [2.05, 4.69) is 21.2 Å². The van der Waals surface area contributed by atoms with Gasteiger partial charge >= 0.3 is 5.97 Å². The molecule has 0 heterocycles. The Morgan fingerprint density at radius 2 is 1.75 bits per heavy atom. The predicted molar refractivity (Wildman–Crippen MR) is 97.1 cm³/mol. The van der Waals surface area contributed by atoms with Crippen molar-refractivity contribution >= 4 is 39.4 Å². The average Bonchev–Trinajstić information content (AvgIpc) is 2.59. The summed E-state index contributed by atoms with van der Waals surface area (Å²) in [5, 5.41) is 3.40. The molecule has 0 saturated carbocycles. The fraction of sp³-hybridized carbons (Fsp3) is 0.222. The standard InChI is InChI=1S/C18H17BrClNO3/c1-2-16(12-3-7-14(19)8-4-12)21-17(22)11-24-18(23)13-5-9-15(20)10-6-13/h3-10,16H,2,11H2,1H3,(H,21,22)/t16-/m1/s1. The van der Waals surface area contributed by atoms with Crippen molar-refractivity contribution in [1.29, 1.82) is 0 Å². The third-order valence-corrected chi connectivity index (χ3v) is 4.21. The van der Waals surface area contributed by atoms with Gasteiger partial charge in [0.1, 0.15) is 0 Å². The van der Waals surface area contributed by atoms with E-state index in [4.69, 9.17) is 16.3 Å². The lowest BCUT2D eigenvalue weighted by molar-refractivity contribution is -0.125. The topological polar surface area (TPSA) is 55.4 Å². The minimum atomic E-state index is -0.557. The number of halogens is 2. The zero-order chi connectivity index (χ0) is 17.5. The molecular formula is C18H17BrClNO3. The number of amides is 1. The number of esters is 1. The molecule has 1 atom stereocenters. The maximum Gasteiger partial charge on any atom is 0.338 e. The lowest BCUT2D eigenvalue weighted by atomic mass is 10.0. The summed E-state index contributed by atoms with van der Waals surface area (Å²) in [6, 6.07) is 13.9. The van der Waals surface area contributed by atoms with Gasteiger partial charge in [-0.05, 0) is 48.4 Å². The lowest BCUT2D eigenvalue weighted by Crippen LogP contribution is -2.32. The number of carbonyl (C=O) groups excluding carboxylic acids is 2. The molecule has 0 bridgehead atoms. The highest BCUT2D eigenvalue weighted by Crippen LogP contribution is 2.19. The van der Waals surface area contributed by atoms with Gasteiger partial charge in [0.15, 0.2) is 6.61 Å². The molecule has 4 nitrogen and oxygen atoms in total. The average molecular weight is 411 g/mol. The van der Waals surface area contributed by atoms with Gasteiger partial charge in [-0.1, -0.05) is 46.6 Å². The summed E-state index contributed by atoms with van der Waals surface area (Å²) in [4.78, 5) is 23.9. The monoisotopic (exact) mass is 409 g/mol. The third-order valence-electron chi connectivity index (χ3n) is 3.43. The van der Waals surface area contributed by atoms with Gasteiger partial charge in [0.05, 0.1) is 11.6 Å². The van der Waals surface area contributed by atoms with Crippen LogP contribution in [0.1, 0.15) is 35.3 Å². The molecule has 0 spiro atoms. The van der Waals surface area contributed by atoms with E-state index in [9.17, 15) is 9.59 Å². The summed E-state index contributed by atoms with van der Waals surface area (Å²) in [6.07, 6.45) is 0.735. The number of rotatable bonds is 6. The van der Waals surface area contributed by atoms with Crippen LogP contribution in [0.15, 0.2) is 53.0 Å². The van der Waals surface area contributed by atoms with E-state index in [-0.39, 0.29) is 18.6 Å². The van der Waals surface area contributed by atoms with Crippen LogP contribution in [0.5, 0.6) is 0 Å². The van der Waals surface area contributed by atoms with E-state index < -0.39 is 5.97 Å². The number of nitrogens with one attached hydrogen (secondary N) is 1. The molecule has 126 valence electrons. The zero-order valence-corrected chi connectivity index (χ0v) is 15.4. The second kappa shape index (κ2) is 8.85. The summed E-state index contributed by atoms with van der Waals surface area (Å²) < 4.78 is 6.00. The highest BCUT2D eigenvalue weighted by molar-refractivity contribution is 9.10. The molecule has 2 rings (SSSR count). The third kappa shape index (κ3) is 5.35. The van der Waals surface area contributed by atoms with Crippen molar-refractivity contribution in [3.8, 4) is 0 Å². The second-order valence-electron chi connectivity index (χ2n) is 5.16. The van der Waals surface area contributed by atoms with Gasteiger partial charge < -0.3 is 10.1 Å².